The van der Waals surface area contributed by atoms with E-state index in [4.69, 9.17) is 0 Å². The number of phenolic OH excluding ortho intramolecular Hbond substituents is 1. The topological polar surface area (TPSA) is 72.7 Å². The summed E-state index contributed by atoms with van der Waals surface area (Å²) in [6, 6.07) is 13.2. The van der Waals surface area contributed by atoms with Crippen LogP contribution in [0.5, 0.6) is 5.75 Å². The van der Waals surface area contributed by atoms with Crippen LogP contribution in [0.25, 0.3) is 22.7 Å². The second-order valence-corrected chi connectivity index (χ2v) is 6.37. The quantitative estimate of drug-likeness (QED) is 0.583. The van der Waals surface area contributed by atoms with Crippen LogP contribution in [0.4, 0.5) is 0 Å². The van der Waals surface area contributed by atoms with Gasteiger partial charge < -0.3 is 10.1 Å². The van der Waals surface area contributed by atoms with E-state index in [2.05, 4.69) is 47.9 Å². The molecule has 0 radical (unpaired) electrons. The van der Waals surface area contributed by atoms with Crippen LogP contribution in [0.3, 0.4) is 0 Å². The number of benzene rings is 2. The summed E-state index contributed by atoms with van der Waals surface area (Å²) in [5, 5.41) is 19.5. The minimum atomic E-state index is 0.0760. The van der Waals surface area contributed by atoms with E-state index in [0.29, 0.717) is 21.4 Å². The number of aromatic nitrogens is 2. The Morgan fingerprint density at radius 3 is 2.77 bits per heavy atom. The van der Waals surface area contributed by atoms with Crippen LogP contribution in [0.15, 0.2) is 45.3 Å². The second-order valence-electron chi connectivity index (χ2n) is 4.60. The van der Waals surface area contributed by atoms with Gasteiger partial charge in [-0.05, 0) is 46.3 Å². The highest BCUT2D eigenvalue weighted by molar-refractivity contribution is 9.11. The number of fused-ring (bicyclic) bond motifs is 1. The number of aromatic hydroxyl groups is 1. The van der Waals surface area contributed by atoms with Crippen LogP contribution in [-0.4, -0.2) is 15.1 Å². The fraction of sp³-hybridized carbons (Fsp3) is 0. The molecule has 0 fully saturated rings. The molecule has 22 heavy (non-hydrogen) atoms. The van der Waals surface area contributed by atoms with Gasteiger partial charge in [-0.1, -0.05) is 28.1 Å². The molecule has 0 saturated heterocycles. The summed E-state index contributed by atoms with van der Waals surface area (Å²) in [5.74, 6) is 0.547. The smallest absolute Gasteiger partial charge is 0.149 e. The molecular formula is C16H9Br2N3O. The molecule has 0 unspecified atom stereocenters. The van der Waals surface area contributed by atoms with Gasteiger partial charge in [0.05, 0.1) is 21.1 Å². The molecule has 3 aromatic rings. The third-order valence-corrected chi connectivity index (χ3v) is 4.18. The lowest BCUT2D eigenvalue weighted by Crippen LogP contribution is -1.86. The Hall–Kier alpha value is -2.10. The van der Waals surface area contributed by atoms with Gasteiger partial charge in [0.1, 0.15) is 17.6 Å². The predicted molar refractivity (Wildman–Crippen MR) is 93.1 cm³/mol. The Morgan fingerprint density at radius 2 is 2.05 bits per heavy atom. The summed E-state index contributed by atoms with van der Waals surface area (Å²) in [5.41, 5.74) is 2.52. The highest BCUT2D eigenvalue weighted by Crippen LogP contribution is 2.34. The Bertz CT molecular complexity index is 905. The van der Waals surface area contributed by atoms with Crippen LogP contribution in [0, 0.1) is 11.3 Å². The number of imidazole rings is 1. The van der Waals surface area contributed by atoms with E-state index >= 15 is 0 Å². The van der Waals surface area contributed by atoms with Crippen molar-refractivity contribution in [2.24, 2.45) is 0 Å². The summed E-state index contributed by atoms with van der Waals surface area (Å²) in [7, 11) is 0. The average molecular weight is 419 g/mol. The van der Waals surface area contributed by atoms with Gasteiger partial charge in [-0.2, -0.15) is 5.26 Å². The lowest BCUT2D eigenvalue weighted by molar-refractivity contribution is 0.470. The maximum Gasteiger partial charge on any atom is 0.149 e. The normalized spacial score (nSPS) is 11.6. The van der Waals surface area contributed by atoms with Gasteiger partial charge in [-0.15, -0.1) is 0 Å². The Labute approximate surface area is 143 Å². The van der Waals surface area contributed by atoms with Gasteiger partial charge in [0, 0.05) is 10.0 Å². The SMILES string of the molecule is N#C/C(=C\c1cc(Br)cc(Br)c1O)c1nc2ccccc2[nH]1. The molecule has 0 aliphatic heterocycles. The molecule has 0 spiro atoms. The van der Waals surface area contributed by atoms with Crippen molar-refractivity contribution in [2.45, 2.75) is 0 Å². The maximum absolute atomic E-state index is 10.1. The van der Waals surface area contributed by atoms with Crippen molar-refractivity contribution in [3.63, 3.8) is 0 Å². The highest BCUT2D eigenvalue weighted by atomic mass is 79.9. The number of halogens is 2. The average Bonchev–Trinajstić information content (AvgIpc) is 2.93. The predicted octanol–water partition coefficient (Wildman–Crippen LogP) is 4.86. The van der Waals surface area contributed by atoms with Crippen LogP contribution >= 0.6 is 31.9 Å². The van der Waals surface area contributed by atoms with E-state index in [1.54, 1.807) is 18.2 Å². The number of nitriles is 1. The molecule has 0 bridgehead atoms. The number of rotatable bonds is 2. The minimum Gasteiger partial charge on any atom is -0.506 e. The van der Waals surface area contributed by atoms with Gasteiger partial charge >= 0.3 is 0 Å². The lowest BCUT2D eigenvalue weighted by Gasteiger charge is -2.04. The number of hydrogen-bond donors (Lipinski definition) is 2. The van der Waals surface area contributed by atoms with Crippen molar-refractivity contribution in [3.8, 4) is 11.8 Å². The molecule has 2 N–H and O–H groups in total. The largest absolute Gasteiger partial charge is 0.506 e. The first kappa shape index (κ1) is 14.8. The van der Waals surface area contributed by atoms with Crippen molar-refractivity contribution >= 4 is 54.5 Å². The zero-order valence-electron chi connectivity index (χ0n) is 11.1. The van der Waals surface area contributed by atoms with E-state index in [9.17, 15) is 10.4 Å². The van der Waals surface area contributed by atoms with Crippen molar-refractivity contribution in [1.82, 2.24) is 9.97 Å². The van der Waals surface area contributed by atoms with E-state index in [0.717, 1.165) is 15.5 Å². The maximum atomic E-state index is 10.1. The lowest BCUT2D eigenvalue weighted by atomic mass is 10.1. The third kappa shape index (κ3) is 2.78. The van der Waals surface area contributed by atoms with Crippen LogP contribution in [0.2, 0.25) is 0 Å². The van der Waals surface area contributed by atoms with Gasteiger partial charge in [0.25, 0.3) is 0 Å². The number of nitrogens with one attached hydrogen (secondary N) is 1. The fourth-order valence-corrected chi connectivity index (χ4v) is 3.34. The zero-order valence-corrected chi connectivity index (χ0v) is 14.3. The molecule has 0 aliphatic rings. The number of nitrogens with zero attached hydrogens (tertiary/aromatic N) is 2. The summed E-state index contributed by atoms with van der Waals surface area (Å²) >= 11 is 6.64. The van der Waals surface area contributed by atoms with Crippen molar-refractivity contribution in [1.29, 1.82) is 5.26 Å². The first-order chi connectivity index (χ1) is 10.6. The van der Waals surface area contributed by atoms with E-state index < -0.39 is 0 Å². The molecule has 6 heteroatoms. The number of phenols is 1. The molecule has 108 valence electrons. The Balaban J connectivity index is 2.13. The Kier molecular flexibility index (Phi) is 4.01. The van der Waals surface area contributed by atoms with Crippen molar-refractivity contribution in [3.05, 3.63) is 56.7 Å². The van der Waals surface area contributed by atoms with Gasteiger partial charge in [0.2, 0.25) is 0 Å². The molecule has 1 aromatic heterocycles. The molecule has 4 nitrogen and oxygen atoms in total. The minimum absolute atomic E-state index is 0.0760. The van der Waals surface area contributed by atoms with Gasteiger partial charge in [-0.3, -0.25) is 0 Å². The first-order valence-electron chi connectivity index (χ1n) is 6.33. The fourth-order valence-electron chi connectivity index (χ4n) is 2.09. The Morgan fingerprint density at radius 1 is 1.27 bits per heavy atom. The molecule has 0 amide bonds. The number of allylic oxidation sites excluding steroid dienone is 1. The molecule has 3 rings (SSSR count). The van der Waals surface area contributed by atoms with E-state index in [1.807, 2.05) is 24.3 Å². The third-order valence-electron chi connectivity index (χ3n) is 3.12. The van der Waals surface area contributed by atoms with Gasteiger partial charge in [0.15, 0.2) is 0 Å². The monoisotopic (exact) mass is 417 g/mol. The zero-order chi connectivity index (χ0) is 15.7. The van der Waals surface area contributed by atoms with Crippen LogP contribution in [-0.2, 0) is 0 Å². The van der Waals surface area contributed by atoms with Crippen LogP contribution in [0.1, 0.15) is 11.4 Å². The summed E-state index contributed by atoms with van der Waals surface area (Å²) in [6.07, 6.45) is 1.60. The standard InChI is InChI=1S/C16H9Br2N3O/c17-11-6-9(15(22)12(18)7-11)5-10(8-19)16-20-13-3-1-2-4-14(13)21-16/h1-7,22H,(H,20,21)/b10-5+. The van der Waals surface area contributed by atoms with E-state index in [1.165, 1.54) is 0 Å². The molecule has 0 saturated carbocycles. The van der Waals surface area contributed by atoms with Crippen molar-refractivity contribution in [2.75, 3.05) is 0 Å². The second kappa shape index (κ2) is 5.95. The summed E-state index contributed by atoms with van der Waals surface area (Å²) in [6.45, 7) is 0. The molecule has 1 heterocycles. The highest BCUT2D eigenvalue weighted by Gasteiger charge is 2.11. The number of aromatic amines is 1. The van der Waals surface area contributed by atoms with Gasteiger partial charge in [-0.25, -0.2) is 4.98 Å². The van der Waals surface area contributed by atoms with E-state index in [-0.39, 0.29) is 5.75 Å². The van der Waals surface area contributed by atoms with Crippen LogP contribution < -0.4 is 0 Å². The first-order valence-corrected chi connectivity index (χ1v) is 7.92. The number of hydrogen-bond acceptors (Lipinski definition) is 3. The molecular weight excluding hydrogens is 410 g/mol. The van der Waals surface area contributed by atoms with Crippen molar-refractivity contribution < 1.29 is 5.11 Å². The number of para-hydroxylation sites is 2. The molecule has 0 aliphatic carbocycles. The number of H-pyrrole nitrogens is 1. The summed E-state index contributed by atoms with van der Waals surface area (Å²) in [4.78, 5) is 7.51. The molecule has 2 aromatic carbocycles. The molecule has 0 atom stereocenters. The summed E-state index contributed by atoms with van der Waals surface area (Å²) < 4.78 is 1.35.